The van der Waals surface area contributed by atoms with Crippen LogP contribution in [-0.4, -0.2) is 53.6 Å². The molecule has 0 unspecified atom stereocenters. The second-order valence-electron chi connectivity index (χ2n) is 9.84. The van der Waals surface area contributed by atoms with E-state index in [-0.39, 0.29) is 11.8 Å². The summed E-state index contributed by atoms with van der Waals surface area (Å²) in [5, 5.41) is 6.02. The molecule has 0 fully saturated rings. The molecule has 3 N–H and O–H groups in total. The maximum Gasteiger partial charge on any atom is 0.256 e. The van der Waals surface area contributed by atoms with Crippen LogP contribution in [0, 0.1) is 13.8 Å². The molecular formula is C32H43N5O2. The minimum absolute atomic E-state index is 0.0609. The minimum atomic E-state index is -0.126. The number of nitrogens with zero attached hydrogens (tertiary/aromatic N) is 2. The number of fused-ring (bicyclic) bond motifs is 1. The summed E-state index contributed by atoms with van der Waals surface area (Å²) in [6.45, 7) is 17.7. The first-order valence-corrected chi connectivity index (χ1v) is 13.9. The minimum Gasteiger partial charge on any atom is -0.359 e. The number of carbonyl (C=O) groups excluding carboxylic acids is 2. The molecule has 0 atom stereocenters. The van der Waals surface area contributed by atoms with Crippen LogP contribution >= 0.6 is 0 Å². The van der Waals surface area contributed by atoms with Gasteiger partial charge in [0.1, 0.15) is 0 Å². The van der Waals surface area contributed by atoms with Gasteiger partial charge in [-0.05, 0) is 89.5 Å². The number of aromatic amines is 1. The van der Waals surface area contributed by atoms with Crippen molar-refractivity contribution in [3.05, 3.63) is 70.1 Å². The van der Waals surface area contributed by atoms with E-state index in [0.717, 1.165) is 70.4 Å². The Morgan fingerprint density at radius 2 is 1.90 bits per heavy atom. The van der Waals surface area contributed by atoms with Crippen molar-refractivity contribution >= 4 is 40.6 Å². The van der Waals surface area contributed by atoms with Crippen LogP contribution in [0.25, 0.3) is 17.3 Å². The number of aromatic nitrogens is 1. The first-order chi connectivity index (χ1) is 18.7. The molecule has 2 heterocycles. The lowest BCUT2D eigenvalue weighted by atomic mass is 9.99. The quantitative estimate of drug-likeness (QED) is 0.236. The van der Waals surface area contributed by atoms with Crippen molar-refractivity contribution < 1.29 is 9.59 Å². The van der Waals surface area contributed by atoms with E-state index in [1.807, 2.05) is 77.1 Å². The van der Waals surface area contributed by atoms with Crippen molar-refractivity contribution in [1.29, 1.82) is 0 Å². The molecule has 2 aromatic rings. The van der Waals surface area contributed by atoms with Crippen molar-refractivity contribution in [3.63, 3.8) is 0 Å². The number of aliphatic imine (C=N–C) groups is 1. The van der Waals surface area contributed by atoms with Crippen molar-refractivity contribution in [1.82, 2.24) is 15.2 Å². The Morgan fingerprint density at radius 3 is 2.56 bits per heavy atom. The second kappa shape index (κ2) is 13.9. The molecule has 1 aromatic heterocycles. The summed E-state index contributed by atoms with van der Waals surface area (Å²) in [4.78, 5) is 35.9. The smallest absolute Gasteiger partial charge is 0.256 e. The summed E-state index contributed by atoms with van der Waals surface area (Å²) in [6, 6.07) is 5.94. The lowest BCUT2D eigenvalue weighted by Gasteiger charge is -2.17. The average Bonchev–Trinajstić information content (AvgIpc) is 3.37. The maximum atomic E-state index is 13.0. The van der Waals surface area contributed by atoms with E-state index in [2.05, 4.69) is 34.4 Å². The van der Waals surface area contributed by atoms with E-state index in [0.29, 0.717) is 25.0 Å². The van der Waals surface area contributed by atoms with Crippen LogP contribution in [0.4, 0.5) is 5.69 Å². The number of aryl methyl sites for hydroxylation is 1. The molecule has 1 aromatic carbocycles. The Bertz CT molecular complexity index is 1320. The summed E-state index contributed by atoms with van der Waals surface area (Å²) >= 11 is 0. The van der Waals surface area contributed by atoms with Gasteiger partial charge in [-0.15, -0.1) is 0 Å². The SMILES string of the molecule is CC=CC(C)=NC(=CC)c1ccc2c(c1)C(=Cc1[nH]c(C)c(CCC(=O)NCCN(CC)CC)c1C)C(=O)N2. The van der Waals surface area contributed by atoms with Gasteiger partial charge in [0.15, 0.2) is 0 Å². The number of hydrogen-bond donors (Lipinski definition) is 3. The van der Waals surface area contributed by atoms with Gasteiger partial charge in [0.05, 0.1) is 11.3 Å². The van der Waals surface area contributed by atoms with Gasteiger partial charge in [0.25, 0.3) is 5.91 Å². The number of H-pyrrole nitrogens is 1. The van der Waals surface area contributed by atoms with Gasteiger partial charge in [0.2, 0.25) is 5.91 Å². The summed E-state index contributed by atoms with van der Waals surface area (Å²) in [5.41, 5.74) is 9.09. The summed E-state index contributed by atoms with van der Waals surface area (Å²) in [5.74, 6) is -0.0654. The standard InChI is InChI=1S/C32H43N5O2/c1-8-12-21(5)34-28(9-2)24-13-15-29-26(19-24)27(32(39)36-29)20-30-22(6)25(23(7)35-30)14-16-31(38)33-17-18-37(10-3)11-4/h8-9,12-13,15,19-20,35H,10-11,14,16-18H2,1-7H3,(H,33,38)(H,36,39). The average molecular weight is 530 g/mol. The molecular weight excluding hydrogens is 486 g/mol. The molecule has 0 saturated carbocycles. The monoisotopic (exact) mass is 529 g/mol. The molecule has 7 nitrogen and oxygen atoms in total. The highest BCUT2D eigenvalue weighted by molar-refractivity contribution is 6.35. The number of carbonyl (C=O) groups is 2. The molecule has 3 rings (SSSR count). The fraction of sp³-hybridized carbons (Fsp3) is 0.406. The predicted octanol–water partition coefficient (Wildman–Crippen LogP) is 5.91. The van der Waals surface area contributed by atoms with Crippen LogP contribution in [0.2, 0.25) is 0 Å². The van der Waals surface area contributed by atoms with Crippen LogP contribution in [-0.2, 0) is 16.0 Å². The van der Waals surface area contributed by atoms with Crippen molar-refractivity contribution in [2.24, 2.45) is 4.99 Å². The van der Waals surface area contributed by atoms with E-state index in [1.165, 1.54) is 0 Å². The molecule has 1 aliphatic rings. The highest BCUT2D eigenvalue weighted by Gasteiger charge is 2.25. The molecule has 1 aliphatic heterocycles. The Labute approximate surface area is 233 Å². The van der Waals surface area contributed by atoms with Crippen molar-refractivity contribution in [2.75, 3.05) is 31.5 Å². The van der Waals surface area contributed by atoms with E-state index in [9.17, 15) is 9.59 Å². The van der Waals surface area contributed by atoms with Crippen LogP contribution in [0.1, 0.15) is 74.7 Å². The number of likely N-dealkylation sites (N-methyl/N-ethyl adjacent to an activating group) is 1. The molecule has 39 heavy (non-hydrogen) atoms. The fourth-order valence-corrected chi connectivity index (χ4v) is 4.95. The van der Waals surface area contributed by atoms with Gasteiger partial charge < -0.3 is 20.5 Å². The zero-order chi connectivity index (χ0) is 28.5. The molecule has 2 amide bonds. The number of rotatable bonds is 12. The number of anilines is 1. The van der Waals surface area contributed by atoms with Crippen LogP contribution in [0.3, 0.4) is 0 Å². The molecule has 0 spiro atoms. The number of allylic oxidation sites excluding steroid dienone is 3. The number of nitrogens with one attached hydrogen (secondary N) is 3. The Morgan fingerprint density at radius 1 is 1.15 bits per heavy atom. The van der Waals surface area contributed by atoms with Crippen LogP contribution in [0.5, 0.6) is 0 Å². The Hall–Kier alpha value is -3.71. The topological polar surface area (TPSA) is 89.6 Å². The van der Waals surface area contributed by atoms with Gasteiger partial charge in [-0.1, -0.05) is 32.1 Å². The van der Waals surface area contributed by atoms with Crippen molar-refractivity contribution in [3.8, 4) is 0 Å². The number of amides is 2. The third kappa shape index (κ3) is 7.45. The van der Waals surface area contributed by atoms with E-state index in [1.54, 1.807) is 0 Å². The largest absolute Gasteiger partial charge is 0.359 e. The summed E-state index contributed by atoms with van der Waals surface area (Å²) in [7, 11) is 0. The van der Waals surface area contributed by atoms with Crippen LogP contribution in [0.15, 0.2) is 41.4 Å². The van der Waals surface area contributed by atoms with E-state index < -0.39 is 0 Å². The lowest BCUT2D eigenvalue weighted by Crippen LogP contribution is -2.34. The van der Waals surface area contributed by atoms with E-state index >= 15 is 0 Å². The summed E-state index contributed by atoms with van der Waals surface area (Å²) in [6.07, 6.45) is 8.91. The van der Waals surface area contributed by atoms with Gasteiger partial charge in [0, 0.05) is 53.4 Å². The van der Waals surface area contributed by atoms with Gasteiger partial charge in [-0.3, -0.25) is 14.6 Å². The molecule has 7 heteroatoms. The first kappa shape index (κ1) is 29.8. The van der Waals surface area contributed by atoms with Crippen LogP contribution < -0.4 is 10.6 Å². The lowest BCUT2D eigenvalue weighted by molar-refractivity contribution is -0.121. The highest BCUT2D eigenvalue weighted by atomic mass is 16.2. The molecule has 0 saturated heterocycles. The van der Waals surface area contributed by atoms with E-state index in [4.69, 9.17) is 4.99 Å². The Balaban J connectivity index is 1.80. The van der Waals surface area contributed by atoms with Gasteiger partial charge in [-0.25, -0.2) is 0 Å². The maximum absolute atomic E-state index is 13.0. The summed E-state index contributed by atoms with van der Waals surface area (Å²) < 4.78 is 0. The van der Waals surface area contributed by atoms with Gasteiger partial charge >= 0.3 is 0 Å². The first-order valence-electron chi connectivity index (χ1n) is 13.9. The zero-order valence-corrected chi connectivity index (χ0v) is 24.5. The normalized spacial score (nSPS) is 15.0. The van der Waals surface area contributed by atoms with Gasteiger partial charge in [-0.2, -0.15) is 0 Å². The third-order valence-electron chi connectivity index (χ3n) is 7.24. The zero-order valence-electron chi connectivity index (χ0n) is 24.5. The fourth-order valence-electron chi connectivity index (χ4n) is 4.95. The second-order valence-corrected chi connectivity index (χ2v) is 9.84. The highest BCUT2D eigenvalue weighted by Crippen LogP contribution is 2.36. The third-order valence-corrected chi connectivity index (χ3v) is 7.24. The molecule has 0 radical (unpaired) electrons. The number of benzene rings is 1. The molecule has 0 bridgehead atoms. The predicted molar refractivity (Wildman–Crippen MR) is 164 cm³/mol. The molecule has 0 aliphatic carbocycles. The Kier molecular flexibility index (Phi) is 10.6. The van der Waals surface area contributed by atoms with Crippen molar-refractivity contribution in [2.45, 2.75) is 61.3 Å². The number of hydrogen-bond acceptors (Lipinski definition) is 4. The molecule has 208 valence electrons.